The van der Waals surface area contributed by atoms with E-state index in [-0.39, 0.29) is 5.91 Å². The van der Waals surface area contributed by atoms with Gasteiger partial charge in [-0.15, -0.1) is 10.2 Å². The number of carbonyl (C=O) groups excluding carboxylic acids is 1. The van der Waals surface area contributed by atoms with Crippen LogP contribution in [0.4, 0.5) is 5.82 Å². The lowest BCUT2D eigenvalue weighted by Crippen LogP contribution is -2.29. The fourth-order valence-corrected chi connectivity index (χ4v) is 4.16. The van der Waals surface area contributed by atoms with Crippen molar-refractivity contribution in [2.24, 2.45) is 7.05 Å². The normalized spacial score (nSPS) is 15.2. The zero-order valence-electron chi connectivity index (χ0n) is 18.2. The van der Waals surface area contributed by atoms with Crippen LogP contribution in [-0.4, -0.2) is 55.9 Å². The molecule has 1 N–H and O–H groups in total. The fraction of sp³-hybridized carbons (Fsp3) is 0.292. The van der Waals surface area contributed by atoms with Gasteiger partial charge in [0.2, 0.25) is 0 Å². The Balaban J connectivity index is 1.36. The molecule has 1 amide bonds. The van der Waals surface area contributed by atoms with Gasteiger partial charge in [-0.2, -0.15) is 5.10 Å². The number of fused-ring (bicyclic) bond motifs is 1. The highest BCUT2D eigenvalue weighted by Crippen LogP contribution is 2.27. The van der Waals surface area contributed by atoms with Gasteiger partial charge in [0.15, 0.2) is 5.82 Å². The summed E-state index contributed by atoms with van der Waals surface area (Å²) in [6.45, 7) is 2.10. The molecule has 0 bridgehead atoms. The van der Waals surface area contributed by atoms with Crippen LogP contribution >= 0.6 is 0 Å². The summed E-state index contributed by atoms with van der Waals surface area (Å²) in [6.07, 6.45) is 7.62. The fourth-order valence-electron chi connectivity index (χ4n) is 4.16. The maximum absolute atomic E-state index is 12.9. The number of rotatable bonds is 4. The SMILES string of the molecule is CN1CCC(c2cc(C(=O)Nc3cc4cc(-c5cnn(C)c5)ccc4nn3)ccn2)CC1. The Kier molecular flexibility index (Phi) is 5.36. The number of nitrogens with one attached hydrogen (secondary N) is 1. The molecule has 0 spiro atoms. The van der Waals surface area contributed by atoms with Crippen LogP contribution in [0.15, 0.2) is 55.0 Å². The van der Waals surface area contributed by atoms with Crippen molar-refractivity contribution in [1.82, 2.24) is 29.9 Å². The topological polar surface area (TPSA) is 88.8 Å². The smallest absolute Gasteiger partial charge is 0.256 e. The van der Waals surface area contributed by atoms with Gasteiger partial charge < -0.3 is 10.2 Å². The van der Waals surface area contributed by atoms with Crippen molar-refractivity contribution in [3.05, 3.63) is 66.2 Å². The van der Waals surface area contributed by atoms with E-state index >= 15 is 0 Å². The molecule has 4 aromatic rings. The van der Waals surface area contributed by atoms with Crippen molar-refractivity contribution in [2.75, 3.05) is 25.5 Å². The first-order valence-electron chi connectivity index (χ1n) is 10.8. The minimum atomic E-state index is -0.210. The molecule has 1 saturated heterocycles. The van der Waals surface area contributed by atoms with Crippen molar-refractivity contribution in [3.8, 4) is 11.1 Å². The number of pyridine rings is 1. The molecule has 32 heavy (non-hydrogen) atoms. The van der Waals surface area contributed by atoms with Crippen LogP contribution in [0.25, 0.3) is 22.0 Å². The van der Waals surface area contributed by atoms with Gasteiger partial charge >= 0.3 is 0 Å². The van der Waals surface area contributed by atoms with Crippen molar-refractivity contribution in [2.45, 2.75) is 18.8 Å². The Labute approximate surface area is 186 Å². The van der Waals surface area contributed by atoms with Crippen LogP contribution in [0.5, 0.6) is 0 Å². The second kappa shape index (κ2) is 8.47. The first-order chi connectivity index (χ1) is 15.5. The monoisotopic (exact) mass is 427 g/mol. The van der Waals surface area contributed by atoms with E-state index in [0.717, 1.165) is 53.7 Å². The standard InChI is InChI=1S/C24H25N7O/c1-30-9-6-16(7-10-30)22-12-18(5-8-25-22)24(32)27-23-13-19-11-17(3-4-21(19)28-29-23)20-14-26-31(2)15-20/h3-5,8,11-16H,6-7,9-10H2,1-2H3,(H,27,29,32). The molecule has 5 rings (SSSR count). The second-order valence-electron chi connectivity index (χ2n) is 8.41. The lowest BCUT2D eigenvalue weighted by atomic mass is 9.92. The first-order valence-corrected chi connectivity index (χ1v) is 10.8. The van der Waals surface area contributed by atoms with E-state index in [9.17, 15) is 4.79 Å². The quantitative estimate of drug-likeness (QED) is 0.536. The van der Waals surface area contributed by atoms with E-state index in [2.05, 4.69) is 37.5 Å². The molecule has 4 heterocycles. The third kappa shape index (κ3) is 4.22. The third-order valence-electron chi connectivity index (χ3n) is 6.05. The number of carbonyl (C=O) groups is 1. The Bertz CT molecular complexity index is 1270. The predicted molar refractivity (Wildman–Crippen MR) is 123 cm³/mol. The van der Waals surface area contributed by atoms with Gasteiger partial charge in [-0.05, 0) is 68.9 Å². The van der Waals surface area contributed by atoms with Gasteiger partial charge in [-0.3, -0.25) is 14.5 Å². The Morgan fingerprint density at radius 1 is 1.03 bits per heavy atom. The average Bonchev–Trinajstić information content (AvgIpc) is 3.25. The molecule has 0 aliphatic carbocycles. The van der Waals surface area contributed by atoms with Crippen molar-refractivity contribution < 1.29 is 4.79 Å². The summed E-state index contributed by atoms with van der Waals surface area (Å²) in [5.74, 6) is 0.604. The van der Waals surface area contributed by atoms with Crippen molar-refractivity contribution in [1.29, 1.82) is 0 Å². The van der Waals surface area contributed by atoms with Gasteiger partial charge in [-0.25, -0.2) is 0 Å². The molecule has 1 aliphatic rings. The van der Waals surface area contributed by atoms with Crippen molar-refractivity contribution in [3.63, 3.8) is 0 Å². The highest BCUT2D eigenvalue weighted by molar-refractivity contribution is 6.04. The van der Waals surface area contributed by atoms with E-state index in [1.165, 1.54) is 0 Å². The molecule has 0 unspecified atom stereocenters. The highest BCUT2D eigenvalue weighted by Gasteiger charge is 2.20. The number of hydrogen-bond donors (Lipinski definition) is 1. The highest BCUT2D eigenvalue weighted by atomic mass is 16.1. The minimum absolute atomic E-state index is 0.210. The third-order valence-corrected chi connectivity index (χ3v) is 6.05. The van der Waals surface area contributed by atoms with Crippen LogP contribution in [0.2, 0.25) is 0 Å². The van der Waals surface area contributed by atoms with Gasteiger partial charge in [0.25, 0.3) is 5.91 Å². The number of anilines is 1. The van der Waals surface area contributed by atoms with Crippen LogP contribution in [0, 0.1) is 0 Å². The largest absolute Gasteiger partial charge is 0.306 e. The summed E-state index contributed by atoms with van der Waals surface area (Å²) in [4.78, 5) is 19.8. The molecule has 1 aliphatic heterocycles. The molecule has 8 nitrogen and oxygen atoms in total. The Morgan fingerprint density at radius 3 is 2.66 bits per heavy atom. The van der Waals surface area contributed by atoms with E-state index in [1.54, 1.807) is 16.9 Å². The summed E-state index contributed by atoms with van der Waals surface area (Å²) in [6, 6.07) is 11.4. The van der Waals surface area contributed by atoms with Gasteiger partial charge in [-0.1, -0.05) is 6.07 Å². The molecular weight excluding hydrogens is 402 g/mol. The summed E-state index contributed by atoms with van der Waals surface area (Å²) in [5, 5.41) is 16.5. The minimum Gasteiger partial charge on any atom is -0.306 e. The number of benzene rings is 1. The zero-order valence-corrected chi connectivity index (χ0v) is 18.2. The van der Waals surface area contributed by atoms with Crippen LogP contribution < -0.4 is 5.32 Å². The lowest BCUT2D eigenvalue weighted by molar-refractivity contribution is 0.102. The molecular formula is C24H25N7O. The number of nitrogens with zero attached hydrogens (tertiary/aromatic N) is 6. The maximum Gasteiger partial charge on any atom is 0.256 e. The van der Waals surface area contributed by atoms with Crippen LogP contribution in [0.1, 0.15) is 34.8 Å². The Hall–Kier alpha value is -3.65. The molecule has 1 aromatic carbocycles. The molecule has 8 heteroatoms. The second-order valence-corrected chi connectivity index (χ2v) is 8.41. The van der Waals surface area contributed by atoms with Gasteiger partial charge in [0.05, 0.1) is 11.7 Å². The van der Waals surface area contributed by atoms with E-state index in [0.29, 0.717) is 17.3 Å². The van der Waals surface area contributed by atoms with E-state index in [1.807, 2.05) is 49.8 Å². The van der Waals surface area contributed by atoms with Gasteiger partial charge in [0.1, 0.15) is 0 Å². The van der Waals surface area contributed by atoms with E-state index < -0.39 is 0 Å². The summed E-state index contributed by atoms with van der Waals surface area (Å²) in [5.41, 5.74) is 4.39. The zero-order chi connectivity index (χ0) is 22.1. The number of likely N-dealkylation sites (tertiary alicyclic amines) is 1. The van der Waals surface area contributed by atoms with Gasteiger partial charge in [0, 0.05) is 47.6 Å². The summed E-state index contributed by atoms with van der Waals surface area (Å²) < 4.78 is 1.77. The van der Waals surface area contributed by atoms with Crippen molar-refractivity contribution >= 4 is 22.6 Å². The number of piperidine rings is 1. The van der Waals surface area contributed by atoms with Crippen LogP contribution in [-0.2, 0) is 7.05 Å². The molecule has 162 valence electrons. The number of aromatic nitrogens is 5. The summed E-state index contributed by atoms with van der Waals surface area (Å²) >= 11 is 0. The first kappa shape index (κ1) is 20.3. The molecule has 0 atom stereocenters. The molecule has 0 saturated carbocycles. The average molecular weight is 428 g/mol. The number of amides is 1. The predicted octanol–water partition coefficient (Wildman–Crippen LogP) is 3.49. The number of hydrogen-bond acceptors (Lipinski definition) is 6. The van der Waals surface area contributed by atoms with Crippen LogP contribution in [0.3, 0.4) is 0 Å². The molecule has 1 fully saturated rings. The lowest BCUT2D eigenvalue weighted by Gasteiger charge is -2.28. The maximum atomic E-state index is 12.9. The molecule has 3 aromatic heterocycles. The Morgan fingerprint density at radius 2 is 1.88 bits per heavy atom. The molecule has 0 radical (unpaired) electrons. The summed E-state index contributed by atoms with van der Waals surface area (Å²) in [7, 11) is 4.03. The van der Waals surface area contributed by atoms with E-state index in [4.69, 9.17) is 0 Å². The number of aryl methyl sites for hydroxylation is 1.